The number of carbonyl (C=O) groups is 3. The second-order valence-corrected chi connectivity index (χ2v) is 9.51. The molecule has 3 rings (SSSR count). The zero-order valence-corrected chi connectivity index (χ0v) is 18.5. The molecule has 162 valence electrons. The number of nitrogens with zero attached hydrogens (tertiary/aromatic N) is 1. The number of rotatable bonds is 3. The van der Waals surface area contributed by atoms with Crippen molar-refractivity contribution < 1.29 is 24.2 Å². The van der Waals surface area contributed by atoms with Crippen molar-refractivity contribution in [2.75, 3.05) is 18.0 Å². The van der Waals surface area contributed by atoms with Gasteiger partial charge in [-0.15, -0.1) is 0 Å². The summed E-state index contributed by atoms with van der Waals surface area (Å²) in [6.07, 6.45) is 0.697. The van der Waals surface area contributed by atoms with E-state index in [0.717, 1.165) is 11.8 Å². The van der Waals surface area contributed by atoms with E-state index in [9.17, 15) is 19.5 Å². The minimum Gasteiger partial charge on any atom is -0.444 e. The van der Waals surface area contributed by atoms with Crippen molar-refractivity contribution in [2.45, 2.75) is 44.9 Å². The number of anilines is 1. The number of nitrogens with one attached hydrogen (secondary N) is 2. The Balaban J connectivity index is 1.83. The van der Waals surface area contributed by atoms with Crippen LogP contribution in [0.15, 0.2) is 23.1 Å². The van der Waals surface area contributed by atoms with E-state index >= 15 is 0 Å². The van der Waals surface area contributed by atoms with Crippen LogP contribution >= 0.6 is 23.4 Å². The smallest absolute Gasteiger partial charge is 0.408 e. The number of aliphatic hydroxyl groups is 1. The highest BCUT2D eigenvalue weighted by atomic mass is 35.5. The fourth-order valence-corrected chi connectivity index (χ4v) is 4.26. The summed E-state index contributed by atoms with van der Waals surface area (Å²) in [6.45, 7) is 6.11. The average Bonchev–Trinajstić information content (AvgIpc) is 2.93. The van der Waals surface area contributed by atoms with Crippen LogP contribution in [0.1, 0.15) is 32.8 Å². The van der Waals surface area contributed by atoms with Gasteiger partial charge in [0.05, 0.1) is 27.8 Å². The molecule has 2 aliphatic rings. The van der Waals surface area contributed by atoms with Crippen LogP contribution in [0.3, 0.4) is 0 Å². The number of imide groups is 1. The lowest BCUT2D eigenvalue weighted by molar-refractivity contribution is -0.115. The fraction of sp³-hybridized carbons (Fsp3) is 0.450. The first-order valence-corrected chi connectivity index (χ1v) is 10.7. The van der Waals surface area contributed by atoms with Gasteiger partial charge in [0.1, 0.15) is 5.60 Å². The van der Waals surface area contributed by atoms with Gasteiger partial charge < -0.3 is 20.1 Å². The number of carbonyl (C=O) groups excluding carboxylic acids is 3. The van der Waals surface area contributed by atoms with Gasteiger partial charge in [-0.3, -0.25) is 14.9 Å². The summed E-state index contributed by atoms with van der Waals surface area (Å²) in [4.78, 5) is 37.8. The predicted octanol–water partition coefficient (Wildman–Crippen LogP) is 3.13. The quantitative estimate of drug-likeness (QED) is 0.603. The molecule has 2 fully saturated rings. The molecule has 2 saturated heterocycles. The Labute approximate surface area is 184 Å². The lowest BCUT2D eigenvalue weighted by atomic mass is 10.00. The van der Waals surface area contributed by atoms with Crippen molar-refractivity contribution in [3.8, 4) is 0 Å². The van der Waals surface area contributed by atoms with E-state index in [2.05, 4.69) is 10.6 Å². The van der Waals surface area contributed by atoms with Crippen LogP contribution in [0.4, 0.5) is 15.3 Å². The first-order valence-electron chi connectivity index (χ1n) is 9.49. The number of aliphatic hydroxyl groups excluding tert-OH is 1. The molecule has 0 saturated carbocycles. The Kier molecular flexibility index (Phi) is 6.64. The Hall–Kier alpha value is -2.23. The maximum atomic E-state index is 12.2. The molecular weight excluding hydrogens is 430 g/mol. The highest BCUT2D eigenvalue weighted by Crippen LogP contribution is 2.35. The molecule has 8 nitrogen and oxygen atoms in total. The molecule has 1 aromatic rings. The molecule has 0 aromatic heterocycles. The summed E-state index contributed by atoms with van der Waals surface area (Å²) in [5.74, 6) is -0.450. The second kappa shape index (κ2) is 8.87. The van der Waals surface area contributed by atoms with E-state index in [1.54, 1.807) is 45.0 Å². The van der Waals surface area contributed by atoms with Gasteiger partial charge in [-0.2, -0.15) is 0 Å². The highest BCUT2D eigenvalue weighted by Gasteiger charge is 2.32. The predicted molar refractivity (Wildman–Crippen MR) is 117 cm³/mol. The van der Waals surface area contributed by atoms with Gasteiger partial charge in [0, 0.05) is 18.7 Å². The number of amides is 3. The molecule has 3 amide bonds. The number of hydrogen-bond donors (Lipinski definition) is 3. The van der Waals surface area contributed by atoms with Crippen LogP contribution in [-0.4, -0.2) is 53.2 Å². The number of ether oxygens (including phenoxy) is 1. The van der Waals surface area contributed by atoms with E-state index in [-0.39, 0.29) is 4.91 Å². The van der Waals surface area contributed by atoms with Gasteiger partial charge in [0.2, 0.25) is 0 Å². The molecule has 30 heavy (non-hydrogen) atoms. The number of halogens is 1. The molecule has 0 aliphatic carbocycles. The lowest BCUT2D eigenvalue weighted by Crippen LogP contribution is -2.56. The topological polar surface area (TPSA) is 108 Å². The third-order valence-corrected chi connectivity index (χ3v) is 5.66. The van der Waals surface area contributed by atoms with E-state index in [4.69, 9.17) is 16.3 Å². The van der Waals surface area contributed by atoms with Crippen molar-refractivity contribution in [3.63, 3.8) is 0 Å². The molecule has 0 radical (unpaired) electrons. The number of benzene rings is 1. The molecule has 0 bridgehead atoms. The van der Waals surface area contributed by atoms with Crippen LogP contribution in [0.2, 0.25) is 5.02 Å². The second-order valence-electron chi connectivity index (χ2n) is 8.08. The van der Waals surface area contributed by atoms with E-state index in [1.807, 2.05) is 4.90 Å². The summed E-state index contributed by atoms with van der Waals surface area (Å²) in [5, 5.41) is 15.4. The molecular formula is C20H24ClN3O5S. The number of para-hydroxylation sites is 1. The Morgan fingerprint density at radius 2 is 2.13 bits per heavy atom. The monoisotopic (exact) mass is 453 g/mol. The van der Waals surface area contributed by atoms with Gasteiger partial charge in [-0.05, 0) is 51.1 Å². The highest BCUT2D eigenvalue weighted by molar-refractivity contribution is 8.18. The van der Waals surface area contributed by atoms with Gasteiger partial charge in [-0.1, -0.05) is 23.7 Å². The number of piperidine rings is 1. The van der Waals surface area contributed by atoms with E-state index in [1.165, 1.54) is 0 Å². The zero-order valence-electron chi connectivity index (χ0n) is 16.9. The molecule has 2 aliphatic heterocycles. The van der Waals surface area contributed by atoms with Gasteiger partial charge in [0.25, 0.3) is 11.1 Å². The van der Waals surface area contributed by atoms with Crippen molar-refractivity contribution in [3.05, 3.63) is 33.7 Å². The Morgan fingerprint density at radius 3 is 2.77 bits per heavy atom. The molecule has 2 heterocycles. The zero-order chi connectivity index (χ0) is 22.1. The molecule has 0 spiro atoms. The van der Waals surface area contributed by atoms with Crippen LogP contribution in [0.5, 0.6) is 0 Å². The summed E-state index contributed by atoms with van der Waals surface area (Å²) in [6, 6.07) is 4.72. The normalized spacial score (nSPS) is 23.5. The first kappa shape index (κ1) is 22.5. The van der Waals surface area contributed by atoms with Crippen LogP contribution in [0.25, 0.3) is 6.08 Å². The van der Waals surface area contributed by atoms with Crippen molar-refractivity contribution in [1.29, 1.82) is 0 Å². The van der Waals surface area contributed by atoms with Gasteiger partial charge in [0.15, 0.2) is 0 Å². The maximum Gasteiger partial charge on any atom is 0.408 e. The first-order chi connectivity index (χ1) is 14.0. The summed E-state index contributed by atoms with van der Waals surface area (Å²) < 4.78 is 5.29. The summed E-state index contributed by atoms with van der Waals surface area (Å²) in [5.41, 5.74) is 0.687. The fourth-order valence-electron chi connectivity index (χ4n) is 3.29. The van der Waals surface area contributed by atoms with Crippen LogP contribution in [-0.2, 0) is 9.53 Å². The number of thioether (sulfide) groups is 1. The lowest BCUT2D eigenvalue weighted by Gasteiger charge is -2.39. The summed E-state index contributed by atoms with van der Waals surface area (Å²) >= 11 is 7.30. The molecule has 10 heteroatoms. The molecule has 3 N–H and O–H groups in total. The molecule has 2 unspecified atom stereocenters. The van der Waals surface area contributed by atoms with Crippen LogP contribution < -0.4 is 15.5 Å². The minimum absolute atomic E-state index is 0.281. The van der Waals surface area contributed by atoms with Crippen molar-refractivity contribution >= 4 is 52.4 Å². The van der Waals surface area contributed by atoms with Crippen LogP contribution in [0, 0.1) is 0 Å². The molecule has 2 atom stereocenters. The largest absolute Gasteiger partial charge is 0.444 e. The van der Waals surface area contributed by atoms with E-state index in [0.29, 0.717) is 35.8 Å². The number of alkyl carbamates (subject to hydrolysis) is 1. The third kappa shape index (κ3) is 5.47. The number of hydrogen-bond acceptors (Lipinski definition) is 7. The SMILES string of the molecule is CC(C)(C)OC(=O)NC1CN(c2c(Cl)cccc2C=C2SC(=O)NC2=O)CCC1O. The van der Waals surface area contributed by atoms with E-state index < -0.39 is 35.0 Å². The standard InChI is InChI=1S/C20H24ClN3O5S/c1-20(2,3)29-18(27)22-13-10-24(8-7-14(13)25)16-11(5-4-6-12(16)21)9-15-17(26)23-19(28)30-15/h4-6,9,13-14,25H,7-8,10H2,1-3H3,(H,22,27)(H,23,26,28). The van der Waals surface area contributed by atoms with Crippen molar-refractivity contribution in [1.82, 2.24) is 10.6 Å². The minimum atomic E-state index is -0.730. The van der Waals surface area contributed by atoms with Gasteiger partial charge in [-0.25, -0.2) is 4.79 Å². The third-order valence-electron chi connectivity index (χ3n) is 4.54. The summed E-state index contributed by atoms with van der Waals surface area (Å²) in [7, 11) is 0. The maximum absolute atomic E-state index is 12.2. The van der Waals surface area contributed by atoms with Crippen molar-refractivity contribution in [2.24, 2.45) is 0 Å². The Bertz CT molecular complexity index is 899. The molecule has 1 aromatic carbocycles. The van der Waals surface area contributed by atoms with Gasteiger partial charge >= 0.3 is 6.09 Å². The Morgan fingerprint density at radius 1 is 1.40 bits per heavy atom. The average molecular weight is 454 g/mol.